The molecule has 0 spiro atoms. The van der Waals surface area contributed by atoms with Gasteiger partial charge in [-0.3, -0.25) is 4.79 Å². The Morgan fingerprint density at radius 1 is 1.03 bits per heavy atom. The van der Waals surface area contributed by atoms with E-state index in [9.17, 15) is 9.90 Å². The zero-order chi connectivity index (χ0) is 27.8. The van der Waals surface area contributed by atoms with Crippen LogP contribution in [0.1, 0.15) is 53.8 Å². The van der Waals surface area contributed by atoms with Gasteiger partial charge in [-0.25, -0.2) is 4.98 Å². The predicted octanol–water partition coefficient (Wildman–Crippen LogP) is 5.92. The van der Waals surface area contributed by atoms with Gasteiger partial charge in [0.05, 0.1) is 14.1 Å². The van der Waals surface area contributed by atoms with Gasteiger partial charge < -0.3 is 20.1 Å². The number of aliphatic hydroxyl groups excluding tert-OH is 1. The van der Waals surface area contributed by atoms with Crippen LogP contribution in [0.5, 0.6) is 5.88 Å². The van der Waals surface area contributed by atoms with E-state index in [0.29, 0.717) is 35.5 Å². The maximum absolute atomic E-state index is 12.0. The molecular weight excluding hydrogens is 486 g/mol. The topological polar surface area (TPSA) is 85.4 Å². The first-order chi connectivity index (χ1) is 18.8. The number of rotatable bonds is 13. The Kier molecular flexibility index (Phi) is 9.33. The lowest BCUT2D eigenvalue weighted by molar-refractivity contribution is -0.921. The van der Waals surface area contributed by atoms with Crippen molar-refractivity contribution in [1.82, 2.24) is 4.98 Å². The second kappa shape index (κ2) is 12.9. The minimum atomic E-state index is -0.458. The number of amides is 1. The van der Waals surface area contributed by atoms with Crippen molar-refractivity contribution in [3.05, 3.63) is 95.7 Å². The number of fused-ring (bicyclic) bond motifs is 1. The minimum absolute atomic E-state index is 0.0312. The van der Waals surface area contributed by atoms with E-state index < -0.39 is 5.91 Å². The van der Waals surface area contributed by atoms with Gasteiger partial charge in [0.2, 0.25) is 11.8 Å². The van der Waals surface area contributed by atoms with Crippen LogP contribution in [0.3, 0.4) is 0 Å². The summed E-state index contributed by atoms with van der Waals surface area (Å²) in [7, 11) is 4.31. The Morgan fingerprint density at radius 2 is 1.77 bits per heavy atom. The highest BCUT2D eigenvalue weighted by Crippen LogP contribution is 2.36. The Morgan fingerprint density at radius 3 is 2.49 bits per heavy atom. The highest BCUT2D eigenvalue weighted by Gasteiger charge is 2.32. The van der Waals surface area contributed by atoms with E-state index in [0.717, 1.165) is 52.4 Å². The van der Waals surface area contributed by atoms with E-state index in [1.54, 1.807) is 6.07 Å². The number of hydrogen-bond donors (Lipinski definition) is 2. The molecule has 1 amide bonds. The molecule has 0 aliphatic carbocycles. The van der Waals surface area contributed by atoms with Gasteiger partial charge in [-0.2, -0.15) is 0 Å². The van der Waals surface area contributed by atoms with E-state index in [1.807, 2.05) is 54.6 Å². The Bertz CT molecular complexity index is 1400. The van der Waals surface area contributed by atoms with Crippen LogP contribution in [0.2, 0.25) is 0 Å². The van der Waals surface area contributed by atoms with Crippen LogP contribution < -0.4 is 10.5 Å². The first kappa shape index (κ1) is 28.3. The average Bonchev–Trinajstić information content (AvgIpc) is 2.94. The van der Waals surface area contributed by atoms with E-state index in [2.05, 4.69) is 39.2 Å². The molecule has 1 heterocycles. The van der Waals surface area contributed by atoms with Gasteiger partial charge in [-0.15, -0.1) is 0 Å². The van der Waals surface area contributed by atoms with Crippen molar-refractivity contribution in [3.63, 3.8) is 0 Å². The van der Waals surface area contributed by atoms with Crippen LogP contribution in [0, 0.1) is 0 Å². The van der Waals surface area contributed by atoms with Crippen molar-refractivity contribution in [2.45, 2.75) is 38.6 Å². The van der Waals surface area contributed by atoms with E-state index >= 15 is 0 Å². The maximum atomic E-state index is 12.0. The zero-order valence-electron chi connectivity index (χ0n) is 23.3. The number of pyridine rings is 1. The number of likely N-dealkylation sites (N-methyl/N-ethyl adjacent to an activating group) is 1. The number of nitrogens with zero attached hydrogens (tertiary/aromatic N) is 2. The number of quaternary nitrogens is 1. The van der Waals surface area contributed by atoms with E-state index in [4.69, 9.17) is 15.5 Å². The largest absolute Gasteiger partial charge is 0.471 e. The summed E-state index contributed by atoms with van der Waals surface area (Å²) in [5, 5.41) is 12.2. The minimum Gasteiger partial charge on any atom is -0.471 e. The third kappa shape index (κ3) is 6.83. The zero-order valence-corrected chi connectivity index (χ0v) is 23.3. The van der Waals surface area contributed by atoms with Crippen LogP contribution in [0.25, 0.3) is 21.9 Å². The lowest BCUT2D eigenvalue weighted by atomic mass is 9.90. The number of aliphatic hydroxyl groups is 1. The van der Waals surface area contributed by atoms with Crippen LogP contribution in [-0.2, 0) is 6.42 Å². The molecule has 0 unspecified atom stereocenters. The van der Waals surface area contributed by atoms with E-state index in [-0.39, 0.29) is 12.6 Å². The Balaban J connectivity index is 1.61. The van der Waals surface area contributed by atoms with Crippen molar-refractivity contribution in [2.75, 3.05) is 33.9 Å². The molecule has 1 atom stereocenters. The number of benzene rings is 3. The molecule has 0 aliphatic heterocycles. The van der Waals surface area contributed by atoms with Gasteiger partial charge in [0, 0.05) is 35.2 Å². The summed E-state index contributed by atoms with van der Waals surface area (Å²) in [5.74, 6) is 0.217. The van der Waals surface area contributed by atoms with Crippen molar-refractivity contribution < 1.29 is 19.1 Å². The van der Waals surface area contributed by atoms with Crippen molar-refractivity contribution >= 4 is 16.7 Å². The highest BCUT2D eigenvalue weighted by atomic mass is 16.5. The molecule has 1 aromatic heterocycles. The number of carbonyl (C=O) groups is 1. The molecule has 3 aromatic carbocycles. The van der Waals surface area contributed by atoms with Gasteiger partial charge >= 0.3 is 0 Å². The quantitative estimate of drug-likeness (QED) is 0.212. The monoisotopic (exact) mass is 526 g/mol. The number of ether oxygens (including phenoxy) is 1. The summed E-state index contributed by atoms with van der Waals surface area (Å²) >= 11 is 0. The van der Waals surface area contributed by atoms with E-state index in [1.165, 1.54) is 0 Å². The molecule has 0 aliphatic rings. The third-order valence-corrected chi connectivity index (χ3v) is 7.48. The second-order valence-corrected chi connectivity index (χ2v) is 10.7. The molecule has 0 bridgehead atoms. The van der Waals surface area contributed by atoms with Crippen LogP contribution >= 0.6 is 0 Å². The summed E-state index contributed by atoms with van der Waals surface area (Å²) in [6, 6.07) is 26.0. The third-order valence-electron chi connectivity index (χ3n) is 7.48. The summed E-state index contributed by atoms with van der Waals surface area (Å²) in [6.07, 6.45) is 3.71. The fraction of sp³-hybridized carbons (Fsp3) is 0.333. The highest BCUT2D eigenvalue weighted by molar-refractivity contribution is 5.94. The number of primary amides is 1. The molecule has 3 N–H and O–H groups in total. The molecule has 0 saturated carbocycles. The molecule has 0 radical (unpaired) electrons. The fourth-order valence-electron chi connectivity index (χ4n) is 5.22. The SMILES string of the molecule is CCCCc1cc2ccccc2c(OCC[N+](C)(C)[C@H](CCO)c2ccc(C(N)=O)cc2-c2ccccc2)n1. The molecule has 39 heavy (non-hydrogen) atoms. The summed E-state index contributed by atoms with van der Waals surface area (Å²) in [4.78, 5) is 16.9. The summed E-state index contributed by atoms with van der Waals surface area (Å²) in [5.41, 5.74) is 10.2. The van der Waals surface area contributed by atoms with Gasteiger partial charge in [0.25, 0.3) is 0 Å². The van der Waals surface area contributed by atoms with Gasteiger partial charge in [-0.1, -0.05) is 67.9 Å². The molecule has 6 heteroatoms. The molecule has 6 nitrogen and oxygen atoms in total. The smallest absolute Gasteiger partial charge is 0.248 e. The maximum Gasteiger partial charge on any atom is 0.248 e. The number of aromatic nitrogens is 1. The molecule has 4 rings (SSSR count). The standard InChI is InChI=1S/C33H39N3O3/c1-4-5-14-27-22-25-13-9-10-15-28(25)33(35-27)39-21-19-36(2,3)31(18-20-37)29-17-16-26(32(34)38)23-30(29)24-11-7-6-8-12-24/h6-13,15-17,22-23,31,37H,4-5,14,18-21H2,1-3H3,(H-,34,38)/p+1/t31-/m1/s1. The molecular formula is C33H40N3O3+. The lowest BCUT2D eigenvalue weighted by Gasteiger charge is -2.39. The fourth-order valence-corrected chi connectivity index (χ4v) is 5.22. The molecule has 0 fully saturated rings. The lowest BCUT2D eigenvalue weighted by Crippen LogP contribution is -2.46. The number of nitrogens with two attached hydrogens (primary N) is 1. The summed E-state index contributed by atoms with van der Waals surface area (Å²) in [6.45, 7) is 3.41. The number of carbonyl (C=O) groups excluding carboxylic acids is 1. The molecule has 0 saturated heterocycles. The first-order valence-corrected chi connectivity index (χ1v) is 13.8. The normalized spacial score (nSPS) is 12.4. The van der Waals surface area contributed by atoms with Crippen LogP contribution in [0.4, 0.5) is 0 Å². The summed E-state index contributed by atoms with van der Waals surface area (Å²) < 4.78 is 6.94. The Labute approximate surface area is 231 Å². The Hall–Kier alpha value is -3.74. The van der Waals surface area contributed by atoms with Crippen LogP contribution in [-0.4, -0.2) is 54.3 Å². The molecule has 4 aromatic rings. The number of unbranched alkanes of at least 4 members (excludes halogenated alkanes) is 1. The average molecular weight is 527 g/mol. The second-order valence-electron chi connectivity index (χ2n) is 10.7. The first-order valence-electron chi connectivity index (χ1n) is 13.8. The predicted molar refractivity (Wildman–Crippen MR) is 158 cm³/mol. The van der Waals surface area contributed by atoms with Crippen LogP contribution in [0.15, 0.2) is 78.9 Å². The molecule has 204 valence electrons. The van der Waals surface area contributed by atoms with Crippen molar-refractivity contribution in [3.8, 4) is 17.0 Å². The number of aryl methyl sites for hydroxylation is 1. The van der Waals surface area contributed by atoms with Gasteiger partial charge in [-0.05, 0) is 53.6 Å². The van der Waals surface area contributed by atoms with Gasteiger partial charge in [0.15, 0.2) is 0 Å². The van der Waals surface area contributed by atoms with Gasteiger partial charge in [0.1, 0.15) is 19.2 Å². The van der Waals surface area contributed by atoms with Crippen molar-refractivity contribution in [2.24, 2.45) is 5.73 Å². The number of hydrogen-bond acceptors (Lipinski definition) is 4. The van der Waals surface area contributed by atoms with Crippen molar-refractivity contribution in [1.29, 1.82) is 0 Å².